The van der Waals surface area contributed by atoms with Crippen LogP contribution in [-0.2, 0) is 24.4 Å². The van der Waals surface area contributed by atoms with Crippen LogP contribution in [0.5, 0.6) is 0 Å². The molecule has 2 aromatic rings. The summed E-state index contributed by atoms with van der Waals surface area (Å²) in [5.41, 5.74) is 4.33. The SMILES string of the molecule is COCc1ccccc1CNCc1ccc(C#N)cc1. The van der Waals surface area contributed by atoms with Crippen LogP contribution in [0.3, 0.4) is 0 Å². The lowest BCUT2D eigenvalue weighted by molar-refractivity contribution is 0.184. The van der Waals surface area contributed by atoms with E-state index in [9.17, 15) is 0 Å². The quantitative estimate of drug-likeness (QED) is 0.874. The maximum absolute atomic E-state index is 8.76. The number of methoxy groups -OCH3 is 1. The van der Waals surface area contributed by atoms with Crippen molar-refractivity contribution in [3.63, 3.8) is 0 Å². The fraction of sp³-hybridized carbons (Fsp3) is 0.235. The minimum atomic E-state index is 0.634. The Hall–Kier alpha value is -2.15. The summed E-state index contributed by atoms with van der Waals surface area (Å²) in [4.78, 5) is 0. The van der Waals surface area contributed by atoms with E-state index in [0.717, 1.165) is 13.1 Å². The highest BCUT2D eigenvalue weighted by Crippen LogP contribution is 2.10. The van der Waals surface area contributed by atoms with Gasteiger partial charge >= 0.3 is 0 Å². The molecule has 1 N–H and O–H groups in total. The second-order valence-electron chi connectivity index (χ2n) is 4.61. The van der Waals surface area contributed by atoms with Crippen LogP contribution in [0, 0.1) is 11.3 Å². The Morgan fingerprint density at radius 3 is 2.35 bits per heavy atom. The Morgan fingerprint density at radius 2 is 1.70 bits per heavy atom. The highest BCUT2D eigenvalue weighted by Gasteiger charge is 2.01. The molecule has 0 aliphatic rings. The van der Waals surface area contributed by atoms with Gasteiger partial charge in [-0.3, -0.25) is 0 Å². The molecule has 0 atom stereocenters. The normalized spacial score (nSPS) is 10.2. The first-order valence-corrected chi connectivity index (χ1v) is 6.59. The molecule has 0 spiro atoms. The van der Waals surface area contributed by atoms with E-state index in [1.807, 2.05) is 36.4 Å². The van der Waals surface area contributed by atoms with Crippen LogP contribution >= 0.6 is 0 Å². The third-order valence-corrected chi connectivity index (χ3v) is 3.15. The van der Waals surface area contributed by atoms with Crippen LogP contribution in [0.25, 0.3) is 0 Å². The summed E-state index contributed by atoms with van der Waals surface area (Å²) in [5, 5.41) is 12.2. The van der Waals surface area contributed by atoms with Crippen LogP contribution in [0.4, 0.5) is 0 Å². The zero-order valence-corrected chi connectivity index (χ0v) is 11.6. The fourth-order valence-corrected chi connectivity index (χ4v) is 2.06. The summed E-state index contributed by atoms with van der Waals surface area (Å²) in [6.07, 6.45) is 0. The van der Waals surface area contributed by atoms with E-state index in [-0.39, 0.29) is 0 Å². The van der Waals surface area contributed by atoms with Crippen molar-refractivity contribution in [3.8, 4) is 6.07 Å². The van der Waals surface area contributed by atoms with Crippen molar-refractivity contribution >= 4 is 0 Å². The number of hydrogen-bond donors (Lipinski definition) is 1. The monoisotopic (exact) mass is 266 g/mol. The first-order valence-electron chi connectivity index (χ1n) is 6.59. The average Bonchev–Trinajstić information content (AvgIpc) is 2.50. The lowest BCUT2D eigenvalue weighted by Crippen LogP contribution is -2.14. The third-order valence-electron chi connectivity index (χ3n) is 3.15. The number of nitriles is 1. The zero-order chi connectivity index (χ0) is 14.2. The second kappa shape index (κ2) is 7.44. The lowest BCUT2D eigenvalue weighted by atomic mass is 10.1. The molecule has 102 valence electrons. The Bertz CT molecular complexity index is 585. The number of rotatable bonds is 6. The average molecular weight is 266 g/mol. The Labute approximate surface area is 119 Å². The van der Waals surface area contributed by atoms with Gasteiger partial charge in [-0.1, -0.05) is 36.4 Å². The number of nitrogens with one attached hydrogen (secondary N) is 1. The predicted molar refractivity (Wildman–Crippen MR) is 78.9 cm³/mol. The van der Waals surface area contributed by atoms with Gasteiger partial charge in [-0.15, -0.1) is 0 Å². The molecule has 0 aliphatic heterocycles. The molecule has 2 rings (SSSR count). The van der Waals surface area contributed by atoms with Gasteiger partial charge in [-0.05, 0) is 28.8 Å². The van der Waals surface area contributed by atoms with E-state index < -0.39 is 0 Å². The lowest BCUT2D eigenvalue weighted by Gasteiger charge is -2.10. The van der Waals surface area contributed by atoms with Crippen LogP contribution in [0.15, 0.2) is 48.5 Å². The van der Waals surface area contributed by atoms with Gasteiger partial charge in [-0.2, -0.15) is 5.26 Å². The predicted octanol–water partition coefficient (Wildman–Crippen LogP) is 2.99. The molecule has 0 amide bonds. The zero-order valence-electron chi connectivity index (χ0n) is 11.6. The molecule has 0 heterocycles. The minimum absolute atomic E-state index is 0.634. The van der Waals surface area contributed by atoms with E-state index in [4.69, 9.17) is 10.00 Å². The molecule has 0 saturated carbocycles. The third kappa shape index (κ3) is 3.92. The fourth-order valence-electron chi connectivity index (χ4n) is 2.06. The number of ether oxygens (including phenoxy) is 1. The molecule has 3 heteroatoms. The van der Waals surface area contributed by atoms with E-state index in [2.05, 4.69) is 23.5 Å². The van der Waals surface area contributed by atoms with Crippen molar-refractivity contribution < 1.29 is 4.74 Å². The number of benzene rings is 2. The van der Waals surface area contributed by atoms with Crippen molar-refractivity contribution in [1.82, 2.24) is 5.32 Å². The molecule has 3 nitrogen and oxygen atoms in total. The van der Waals surface area contributed by atoms with Gasteiger partial charge in [0.05, 0.1) is 18.2 Å². The van der Waals surface area contributed by atoms with Gasteiger partial charge in [0.2, 0.25) is 0 Å². The van der Waals surface area contributed by atoms with E-state index in [0.29, 0.717) is 12.2 Å². The maximum Gasteiger partial charge on any atom is 0.0991 e. The molecule has 0 radical (unpaired) electrons. The summed E-state index contributed by atoms with van der Waals surface area (Å²) in [7, 11) is 1.71. The van der Waals surface area contributed by atoms with Crippen LogP contribution in [-0.4, -0.2) is 7.11 Å². The van der Waals surface area contributed by atoms with Crippen molar-refractivity contribution in [2.75, 3.05) is 7.11 Å². The van der Waals surface area contributed by atoms with Crippen LogP contribution < -0.4 is 5.32 Å². The van der Waals surface area contributed by atoms with Gasteiger partial charge < -0.3 is 10.1 Å². The second-order valence-corrected chi connectivity index (χ2v) is 4.61. The Kier molecular flexibility index (Phi) is 5.31. The van der Waals surface area contributed by atoms with Gasteiger partial charge in [-0.25, -0.2) is 0 Å². The van der Waals surface area contributed by atoms with Gasteiger partial charge in [0.1, 0.15) is 0 Å². The van der Waals surface area contributed by atoms with Crippen LogP contribution in [0.2, 0.25) is 0 Å². The van der Waals surface area contributed by atoms with Crippen molar-refractivity contribution in [1.29, 1.82) is 5.26 Å². The molecule has 20 heavy (non-hydrogen) atoms. The summed E-state index contributed by atoms with van der Waals surface area (Å²) in [6.45, 7) is 2.22. The maximum atomic E-state index is 8.76. The van der Waals surface area contributed by atoms with Gasteiger partial charge in [0.25, 0.3) is 0 Å². The summed E-state index contributed by atoms with van der Waals surface area (Å²) >= 11 is 0. The largest absolute Gasteiger partial charge is 0.380 e. The topological polar surface area (TPSA) is 45.0 Å². The summed E-state index contributed by atoms with van der Waals surface area (Å²) in [5.74, 6) is 0. The van der Waals surface area contributed by atoms with E-state index >= 15 is 0 Å². The highest BCUT2D eigenvalue weighted by atomic mass is 16.5. The first-order chi connectivity index (χ1) is 9.83. The molecule has 0 aromatic heterocycles. The molecule has 2 aromatic carbocycles. The smallest absolute Gasteiger partial charge is 0.0991 e. The molecule has 0 fully saturated rings. The molecule has 0 bridgehead atoms. The minimum Gasteiger partial charge on any atom is -0.380 e. The summed E-state index contributed by atoms with van der Waals surface area (Å²) < 4.78 is 5.20. The standard InChI is InChI=1S/C17H18N2O/c1-20-13-17-5-3-2-4-16(17)12-19-11-15-8-6-14(10-18)7-9-15/h2-9,19H,11-13H2,1H3. The van der Waals surface area contributed by atoms with E-state index in [1.54, 1.807) is 7.11 Å². The molecular weight excluding hydrogens is 248 g/mol. The molecule has 0 saturated heterocycles. The molecule has 0 unspecified atom stereocenters. The van der Waals surface area contributed by atoms with Crippen LogP contribution in [0.1, 0.15) is 22.3 Å². The molecular formula is C17H18N2O. The Balaban J connectivity index is 1.91. The number of nitrogens with zero attached hydrogens (tertiary/aromatic N) is 1. The van der Waals surface area contributed by atoms with E-state index in [1.165, 1.54) is 16.7 Å². The van der Waals surface area contributed by atoms with Gasteiger partial charge in [0.15, 0.2) is 0 Å². The highest BCUT2D eigenvalue weighted by molar-refractivity contribution is 5.31. The number of hydrogen-bond acceptors (Lipinski definition) is 3. The first kappa shape index (κ1) is 14.3. The van der Waals surface area contributed by atoms with Crippen molar-refractivity contribution in [2.24, 2.45) is 0 Å². The summed E-state index contributed by atoms with van der Waals surface area (Å²) in [6, 6.07) is 18.0. The molecule has 0 aliphatic carbocycles. The Morgan fingerprint density at radius 1 is 1.00 bits per heavy atom. The van der Waals surface area contributed by atoms with Crippen molar-refractivity contribution in [3.05, 3.63) is 70.8 Å². The van der Waals surface area contributed by atoms with Gasteiger partial charge in [0, 0.05) is 20.2 Å². The van der Waals surface area contributed by atoms with Crippen molar-refractivity contribution in [2.45, 2.75) is 19.7 Å².